The summed E-state index contributed by atoms with van der Waals surface area (Å²) in [6.45, 7) is 0.425. The second-order valence-electron chi connectivity index (χ2n) is 2.06. The van der Waals surface area contributed by atoms with Gasteiger partial charge >= 0.3 is 0 Å². The third-order valence-electron chi connectivity index (χ3n) is 0.958. The minimum atomic E-state index is 0.212. The van der Waals surface area contributed by atoms with Crippen molar-refractivity contribution >= 4 is 0 Å². The van der Waals surface area contributed by atoms with Crippen molar-refractivity contribution in [1.29, 1.82) is 0 Å². The summed E-state index contributed by atoms with van der Waals surface area (Å²) in [5.74, 6) is 4.82. The molecule has 0 aliphatic heterocycles. The fourth-order valence-electron chi connectivity index (χ4n) is 0.362. The highest BCUT2D eigenvalue weighted by Gasteiger charge is 1.73. The average Bonchev–Trinajstić information content (AvgIpc) is 2.12. The van der Waals surface area contributed by atoms with Crippen LogP contribution >= 0.6 is 0 Å². The normalized spacial score (nSPS) is 7.33. The zero-order valence-corrected chi connectivity index (χ0v) is 7.29. The molecule has 0 amide bonds. The van der Waals surface area contributed by atoms with E-state index < -0.39 is 0 Å². The van der Waals surface area contributed by atoms with Crippen molar-refractivity contribution in [2.24, 2.45) is 0 Å². The molecule has 0 fully saturated rings. The summed E-state index contributed by atoms with van der Waals surface area (Å²) in [5, 5.41) is 16.2. The molecule has 0 unspecified atom stereocenters. The molecule has 0 aromatic carbocycles. The van der Waals surface area contributed by atoms with Gasteiger partial charge in [0, 0.05) is 26.1 Å². The average molecular weight is 168 g/mol. The van der Waals surface area contributed by atoms with Gasteiger partial charge in [0.1, 0.15) is 0 Å². The molecule has 0 aliphatic rings. The highest BCUT2D eigenvalue weighted by atomic mass is 16.3. The van der Waals surface area contributed by atoms with Crippen molar-refractivity contribution in [2.75, 3.05) is 13.2 Å². The van der Waals surface area contributed by atoms with Gasteiger partial charge in [-0.2, -0.15) is 0 Å². The lowest BCUT2D eigenvalue weighted by Gasteiger charge is -1.79. The summed E-state index contributed by atoms with van der Waals surface area (Å²) in [5.41, 5.74) is 0. The van der Waals surface area contributed by atoms with Gasteiger partial charge in [-0.05, 0) is 12.8 Å². The van der Waals surface area contributed by atoms with Gasteiger partial charge in [0.25, 0.3) is 0 Å². The fourth-order valence-corrected chi connectivity index (χ4v) is 0.362. The molecule has 0 saturated carbocycles. The Labute approximate surface area is 74.6 Å². The van der Waals surface area contributed by atoms with E-state index in [1.165, 1.54) is 0 Å². The van der Waals surface area contributed by atoms with Crippen LogP contribution in [0.3, 0.4) is 0 Å². The van der Waals surface area contributed by atoms with Crippen LogP contribution in [0.4, 0.5) is 0 Å². The van der Waals surface area contributed by atoms with E-state index in [9.17, 15) is 0 Å². The molecule has 0 saturated heterocycles. The van der Waals surface area contributed by atoms with Crippen LogP contribution in [0.25, 0.3) is 0 Å². The van der Waals surface area contributed by atoms with E-state index in [-0.39, 0.29) is 13.2 Å². The number of unbranched alkanes of at least 4 members (excludes halogenated alkanes) is 2. The highest BCUT2D eigenvalue weighted by Crippen LogP contribution is 1.79. The first-order chi connectivity index (χ1) is 5.83. The van der Waals surface area contributed by atoms with E-state index in [1.54, 1.807) is 0 Å². The van der Waals surface area contributed by atoms with Gasteiger partial charge in [-0.25, -0.2) is 0 Å². The molecule has 0 rings (SSSR count). The Balaban J connectivity index is 0. The molecule has 2 N–H and O–H groups in total. The molecule has 0 aliphatic carbocycles. The molecule has 2 heteroatoms. The van der Waals surface area contributed by atoms with E-state index in [2.05, 4.69) is 11.8 Å². The number of hydrogen-bond donors (Lipinski definition) is 2. The minimum absolute atomic E-state index is 0.212. The summed E-state index contributed by atoms with van der Waals surface area (Å²) < 4.78 is 0. The van der Waals surface area contributed by atoms with Crippen molar-refractivity contribution in [2.45, 2.75) is 25.7 Å². The quantitative estimate of drug-likeness (QED) is 0.481. The monoisotopic (exact) mass is 168 g/mol. The van der Waals surface area contributed by atoms with Crippen LogP contribution in [-0.2, 0) is 0 Å². The molecule has 0 atom stereocenters. The molecule has 0 radical (unpaired) electrons. The Morgan fingerprint density at radius 2 is 1.17 bits per heavy atom. The van der Waals surface area contributed by atoms with Gasteiger partial charge in [0.05, 0.1) is 0 Å². The number of hydrogen-bond acceptors (Lipinski definition) is 2. The maximum absolute atomic E-state index is 8.10. The van der Waals surface area contributed by atoms with Gasteiger partial charge in [-0.3, -0.25) is 0 Å². The molecule has 2 nitrogen and oxygen atoms in total. The molecule has 0 bridgehead atoms. The number of aliphatic hydroxyl groups is 2. The first kappa shape index (κ1) is 13.6. The summed E-state index contributed by atoms with van der Waals surface area (Å²) >= 11 is 0. The molecule has 0 spiro atoms. The Bertz CT molecular complexity index is 121. The number of aliphatic hydroxyl groups excluding tert-OH is 2. The maximum Gasteiger partial charge on any atom is 0.0440 e. The van der Waals surface area contributed by atoms with Crippen molar-refractivity contribution < 1.29 is 10.2 Å². The third kappa shape index (κ3) is 23.0. The standard InChI is InChI=1S/2C5H8O/c2*1-2-3-4-5-6/h2*1,6H,3-5H2. The molecule has 0 heterocycles. The molecular weight excluding hydrogens is 152 g/mol. The summed E-state index contributed by atoms with van der Waals surface area (Å²) in [7, 11) is 0. The SMILES string of the molecule is C#CCCCO.C#CCCCO. The Kier molecular flexibility index (Phi) is 18.8. The zero-order valence-electron chi connectivity index (χ0n) is 7.29. The first-order valence-electron chi connectivity index (χ1n) is 3.92. The second-order valence-corrected chi connectivity index (χ2v) is 2.06. The smallest absolute Gasteiger partial charge is 0.0440 e. The van der Waals surface area contributed by atoms with Crippen LogP contribution in [0.1, 0.15) is 25.7 Å². The van der Waals surface area contributed by atoms with E-state index in [0.717, 1.165) is 12.8 Å². The van der Waals surface area contributed by atoms with E-state index in [1.807, 2.05) is 0 Å². The topological polar surface area (TPSA) is 40.5 Å². The molecule has 0 aromatic heterocycles. The Morgan fingerprint density at radius 1 is 0.833 bits per heavy atom. The van der Waals surface area contributed by atoms with Crippen LogP contribution in [0, 0.1) is 24.7 Å². The largest absolute Gasteiger partial charge is 0.396 e. The van der Waals surface area contributed by atoms with Crippen molar-refractivity contribution in [3.05, 3.63) is 0 Å². The molecule has 12 heavy (non-hydrogen) atoms. The number of terminal acetylenes is 2. The van der Waals surface area contributed by atoms with Crippen LogP contribution in [0.5, 0.6) is 0 Å². The van der Waals surface area contributed by atoms with Crippen LogP contribution in [0.15, 0.2) is 0 Å². The minimum Gasteiger partial charge on any atom is -0.396 e. The third-order valence-corrected chi connectivity index (χ3v) is 0.958. The van der Waals surface area contributed by atoms with Crippen LogP contribution in [0.2, 0.25) is 0 Å². The first-order valence-corrected chi connectivity index (χ1v) is 3.92. The summed E-state index contributed by atoms with van der Waals surface area (Å²) in [6.07, 6.45) is 12.6. The van der Waals surface area contributed by atoms with Gasteiger partial charge in [0.15, 0.2) is 0 Å². The van der Waals surface area contributed by atoms with Crippen molar-refractivity contribution in [3.63, 3.8) is 0 Å². The molecule has 0 aromatic rings. The maximum atomic E-state index is 8.10. The fraction of sp³-hybridized carbons (Fsp3) is 0.600. The lowest BCUT2D eigenvalue weighted by molar-refractivity contribution is 0.290. The van der Waals surface area contributed by atoms with E-state index in [4.69, 9.17) is 23.1 Å². The van der Waals surface area contributed by atoms with Crippen molar-refractivity contribution in [3.8, 4) is 24.7 Å². The van der Waals surface area contributed by atoms with Gasteiger partial charge in [-0.15, -0.1) is 24.7 Å². The summed E-state index contributed by atoms with van der Waals surface area (Å²) in [4.78, 5) is 0. The second kappa shape index (κ2) is 16.6. The van der Waals surface area contributed by atoms with Gasteiger partial charge in [-0.1, -0.05) is 0 Å². The predicted octanol–water partition coefficient (Wildman–Crippen LogP) is 0.784. The number of rotatable bonds is 4. The van der Waals surface area contributed by atoms with Crippen LogP contribution < -0.4 is 0 Å². The molecular formula is C10H16O2. The lowest BCUT2D eigenvalue weighted by Crippen LogP contribution is -1.77. The lowest BCUT2D eigenvalue weighted by atomic mass is 10.3. The van der Waals surface area contributed by atoms with E-state index >= 15 is 0 Å². The van der Waals surface area contributed by atoms with Crippen molar-refractivity contribution in [1.82, 2.24) is 0 Å². The van der Waals surface area contributed by atoms with E-state index in [0.29, 0.717) is 12.8 Å². The zero-order chi connectivity index (χ0) is 9.66. The molecule has 68 valence electrons. The Hall–Kier alpha value is -0.960. The van der Waals surface area contributed by atoms with Gasteiger partial charge < -0.3 is 10.2 Å². The van der Waals surface area contributed by atoms with Gasteiger partial charge in [0.2, 0.25) is 0 Å². The van der Waals surface area contributed by atoms with Crippen LogP contribution in [-0.4, -0.2) is 23.4 Å². The Morgan fingerprint density at radius 3 is 1.25 bits per heavy atom. The summed E-state index contributed by atoms with van der Waals surface area (Å²) in [6, 6.07) is 0. The predicted molar refractivity (Wildman–Crippen MR) is 50.3 cm³/mol. The highest BCUT2D eigenvalue weighted by molar-refractivity contribution is 4.82.